The monoisotopic (exact) mass is 340 g/mol. The molecular formula is C21H24O4. The van der Waals surface area contributed by atoms with Crippen molar-refractivity contribution < 1.29 is 19.0 Å². The number of hydrogen-bond acceptors (Lipinski definition) is 4. The largest absolute Gasteiger partial charge is 0.491 e. The molecule has 0 bridgehead atoms. The lowest BCUT2D eigenvalue weighted by Gasteiger charge is -2.18. The van der Waals surface area contributed by atoms with Gasteiger partial charge in [0.2, 0.25) is 0 Å². The molecule has 1 aliphatic rings. The van der Waals surface area contributed by atoms with E-state index in [4.69, 9.17) is 14.2 Å². The molecule has 25 heavy (non-hydrogen) atoms. The second-order valence-corrected chi connectivity index (χ2v) is 6.94. The predicted octanol–water partition coefficient (Wildman–Crippen LogP) is 4.31. The lowest BCUT2D eigenvalue weighted by molar-refractivity contribution is -0.141. The summed E-state index contributed by atoms with van der Waals surface area (Å²) in [4.78, 5) is 11.0. The minimum Gasteiger partial charge on any atom is -0.491 e. The Kier molecular flexibility index (Phi) is 4.93. The van der Waals surface area contributed by atoms with Crippen LogP contribution in [0.2, 0.25) is 0 Å². The Balaban J connectivity index is 1.77. The van der Waals surface area contributed by atoms with Crippen molar-refractivity contribution in [1.82, 2.24) is 0 Å². The molecule has 0 N–H and O–H groups in total. The highest BCUT2D eigenvalue weighted by Crippen LogP contribution is 2.32. The maximum atomic E-state index is 11.0. The summed E-state index contributed by atoms with van der Waals surface area (Å²) in [6, 6.07) is 11.7. The quantitative estimate of drug-likeness (QED) is 0.761. The first-order valence-corrected chi connectivity index (χ1v) is 8.49. The Bertz CT molecular complexity index is 756. The second-order valence-electron chi connectivity index (χ2n) is 6.94. The summed E-state index contributed by atoms with van der Waals surface area (Å²) < 4.78 is 17.2. The zero-order valence-corrected chi connectivity index (χ0v) is 15.2. The first-order valence-electron chi connectivity index (χ1n) is 8.49. The molecule has 1 heterocycles. The molecule has 0 radical (unpaired) electrons. The summed E-state index contributed by atoms with van der Waals surface area (Å²) in [5.74, 6) is 0.284. The van der Waals surface area contributed by atoms with Crippen LogP contribution in [0.1, 0.15) is 35.3 Å². The topological polar surface area (TPSA) is 44.8 Å². The van der Waals surface area contributed by atoms with Crippen LogP contribution in [0.15, 0.2) is 36.4 Å². The van der Waals surface area contributed by atoms with Crippen LogP contribution >= 0.6 is 0 Å². The van der Waals surface area contributed by atoms with Crippen LogP contribution in [0.5, 0.6) is 5.75 Å². The molecule has 1 fully saturated rings. The van der Waals surface area contributed by atoms with Gasteiger partial charge in [-0.3, -0.25) is 4.79 Å². The van der Waals surface area contributed by atoms with Crippen LogP contribution in [0.25, 0.3) is 11.1 Å². The molecule has 0 aliphatic carbocycles. The Labute approximate surface area is 148 Å². The number of ether oxygens (including phenoxy) is 3. The smallest absolute Gasteiger partial charge is 0.163 e. The van der Waals surface area contributed by atoms with Gasteiger partial charge in [-0.2, -0.15) is 0 Å². The summed E-state index contributed by atoms with van der Waals surface area (Å²) in [6.07, 6.45) is 0.816. The molecule has 132 valence electrons. The minimum atomic E-state index is -0.534. The van der Waals surface area contributed by atoms with Crippen molar-refractivity contribution in [2.24, 2.45) is 0 Å². The van der Waals surface area contributed by atoms with Crippen molar-refractivity contribution >= 4 is 6.29 Å². The first kappa shape index (κ1) is 17.6. The number of hydrogen-bond donors (Lipinski definition) is 0. The Morgan fingerprint density at radius 1 is 1.20 bits per heavy atom. The van der Waals surface area contributed by atoms with E-state index in [0.29, 0.717) is 18.8 Å². The Hall–Kier alpha value is -2.17. The second kappa shape index (κ2) is 6.98. The molecule has 0 spiro atoms. The van der Waals surface area contributed by atoms with E-state index in [2.05, 4.69) is 13.8 Å². The normalized spacial score (nSPS) is 19.0. The lowest BCUT2D eigenvalue weighted by Crippen LogP contribution is -2.25. The maximum absolute atomic E-state index is 11.0. The van der Waals surface area contributed by atoms with Gasteiger partial charge in [0.25, 0.3) is 0 Å². The Morgan fingerprint density at radius 2 is 1.92 bits per heavy atom. The number of carbonyl (C=O) groups is 1. The Morgan fingerprint density at radius 3 is 2.52 bits per heavy atom. The molecule has 0 unspecified atom stereocenters. The van der Waals surface area contributed by atoms with Crippen LogP contribution in [0.4, 0.5) is 0 Å². The van der Waals surface area contributed by atoms with E-state index >= 15 is 0 Å². The lowest BCUT2D eigenvalue weighted by atomic mass is 9.94. The van der Waals surface area contributed by atoms with E-state index in [1.807, 2.05) is 50.2 Å². The summed E-state index contributed by atoms with van der Waals surface area (Å²) in [6.45, 7) is 8.93. The van der Waals surface area contributed by atoms with Gasteiger partial charge in [0.1, 0.15) is 24.7 Å². The zero-order chi connectivity index (χ0) is 18.0. The number of aldehydes is 1. The fraction of sp³-hybridized carbons (Fsp3) is 0.381. The van der Waals surface area contributed by atoms with Gasteiger partial charge in [0.05, 0.1) is 6.61 Å². The van der Waals surface area contributed by atoms with Crippen molar-refractivity contribution in [1.29, 1.82) is 0 Å². The van der Waals surface area contributed by atoms with Gasteiger partial charge in [-0.05, 0) is 68.1 Å². The molecule has 4 heteroatoms. The molecule has 4 nitrogen and oxygen atoms in total. The van der Waals surface area contributed by atoms with Gasteiger partial charge >= 0.3 is 0 Å². The SMILES string of the molecule is Cc1cc(OC[C@@H]2COC(C)(C)O2)cc(C)c1-c1cccc(C=O)c1. The highest BCUT2D eigenvalue weighted by Gasteiger charge is 2.33. The van der Waals surface area contributed by atoms with Crippen molar-refractivity contribution in [3.8, 4) is 16.9 Å². The third-order valence-electron chi connectivity index (χ3n) is 4.32. The first-order chi connectivity index (χ1) is 11.9. The van der Waals surface area contributed by atoms with Crippen LogP contribution < -0.4 is 4.74 Å². The molecule has 0 aromatic heterocycles. The van der Waals surface area contributed by atoms with Crippen molar-refractivity contribution in [3.05, 3.63) is 53.1 Å². The average molecular weight is 340 g/mol. The third kappa shape index (κ3) is 4.09. The number of aryl methyl sites for hydroxylation is 2. The number of rotatable bonds is 5. The summed E-state index contributed by atoms with van der Waals surface area (Å²) >= 11 is 0. The highest BCUT2D eigenvalue weighted by molar-refractivity contribution is 5.80. The highest BCUT2D eigenvalue weighted by atomic mass is 16.7. The van der Waals surface area contributed by atoms with Crippen molar-refractivity contribution in [2.75, 3.05) is 13.2 Å². The number of carbonyl (C=O) groups excluding carboxylic acids is 1. The van der Waals surface area contributed by atoms with Crippen LogP contribution in [0.3, 0.4) is 0 Å². The summed E-state index contributed by atoms with van der Waals surface area (Å²) in [5, 5.41) is 0. The van der Waals surface area contributed by atoms with Crippen molar-refractivity contribution in [2.45, 2.75) is 39.6 Å². The predicted molar refractivity (Wildman–Crippen MR) is 97.1 cm³/mol. The van der Waals surface area contributed by atoms with Crippen LogP contribution in [-0.4, -0.2) is 31.4 Å². The van der Waals surface area contributed by atoms with Gasteiger partial charge < -0.3 is 14.2 Å². The van der Waals surface area contributed by atoms with Crippen LogP contribution in [0, 0.1) is 13.8 Å². The van der Waals surface area contributed by atoms with Gasteiger partial charge in [-0.15, -0.1) is 0 Å². The van der Waals surface area contributed by atoms with Gasteiger partial charge in [0.15, 0.2) is 5.79 Å². The van der Waals surface area contributed by atoms with E-state index in [1.54, 1.807) is 0 Å². The molecule has 2 aromatic rings. The summed E-state index contributed by atoms with van der Waals surface area (Å²) in [5.41, 5.74) is 5.08. The van der Waals surface area contributed by atoms with E-state index in [1.165, 1.54) is 0 Å². The summed E-state index contributed by atoms with van der Waals surface area (Å²) in [7, 11) is 0. The fourth-order valence-electron chi connectivity index (χ4n) is 3.26. The fourth-order valence-corrected chi connectivity index (χ4v) is 3.26. The molecule has 3 rings (SSSR count). The molecule has 2 aromatic carbocycles. The third-order valence-corrected chi connectivity index (χ3v) is 4.32. The van der Waals surface area contributed by atoms with Crippen LogP contribution in [-0.2, 0) is 9.47 Å². The van der Waals surface area contributed by atoms with E-state index in [9.17, 15) is 4.79 Å². The number of benzene rings is 2. The van der Waals surface area contributed by atoms with Gasteiger partial charge in [0, 0.05) is 5.56 Å². The average Bonchev–Trinajstić information content (AvgIpc) is 2.92. The molecule has 0 saturated carbocycles. The maximum Gasteiger partial charge on any atom is 0.163 e. The van der Waals surface area contributed by atoms with E-state index in [-0.39, 0.29) is 6.10 Å². The molecule has 1 saturated heterocycles. The zero-order valence-electron chi connectivity index (χ0n) is 15.2. The molecule has 0 amide bonds. The van der Waals surface area contributed by atoms with E-state index < -0.39 is 5.79 Å². The molecular weight excluding hydrogens is 316 g/mol. The molecule has 1 atom stereocenters. The van der Waals surface area contributed by atoms with Crippen molar-refractivity contribution in [3.63, 3.8) is 0 Å². The van der Waals surface area contributed by atoms with E-state index in [0.717, 1.165) is 34.3 Å². The van der Waals surface area contributed by atoms with Gasteiger partial charge in [-0.25, -0.2) is 0 Å². The minimum absolute atomic E-state index is 0.0560. The standard InChI is InChI=1S/C21H24O4/c1-14-8-18(23-12-19-13-24-21(3,4)25-19)9-15(2)20(14)17-7-5-6-16(10-17)11-22/h5-11,19H,12-13H2,1-4H3/t19-/m1/s1. The van der Waals surface area contributed by atoms with Gasteiger partial charge in [-0.1, -0.05) is 18.2 Å². The molecule has 1 aliphatic heterocycles.